The van der Waals surface area contributed by atoms with E-state index in [0.717, 1.165) is 11.1 Å². The van der Waals surface area contributed by atoms with Crippen LogP contribution in [0.25, 0.3) is 10.9 Å². The van der Waals surface area contributed by atoms with Crippen LogP contribution in [-0.4, -0.2) is 15.9 Å². The zero-order chi connectivity index (χ0) is 14.7. The SMILES string of the molecule is O=C(NCc1ccccn1)c1cc2ccccc2[nH]c1=O. The molecule has 0 saturated carbocycles. The van der Waals surface area contributed by atoms with Crippen molar-refractivity contribution in [1.82, 2.24) is 15.3 Å². The minimum Gasteiger partial charge on any atom is -0.346 e. The number of rotatable bonds is 3. The van der Waals surface area contributed by atoms with Crippen LogP contribution in [0.15, 0.2) is 59.5 Å². The van der Waals surface area contributed by atoms with Gasteiger partial charge in [-0.3, -0.25) is 14.6 Å². The summed E-state index contributed by atoms with van der Waals surface area (Å²) in [5.41, 5.74) is 1.16. The van der Waals surface area contributed by atoms with E-state index in [2.05, 4.69) is 15.3 Å². The number of pyridine rings is 2. The summed E-state index contributed by atoms with van der Waals surface area (Å²) in [5, 5.41) is 3.52. The molecule has 0 saturated heterocycles. The molecule has 0 bridgehead atoms. The molecule has 3 aromatic rings. The van der Waals surface area contributed by atoms with Gasteiger partial charge in [-0.2, -0.15) is 0 Å². The molecule has 2 N–H and O–H groups in total. The van der Waals surface area contributed by atoms with Gasteiger partial charge in [0.05, 0.1) is 12.2 Å². The number of benzene rings is 1. The van der Waals surface area contributed by atoms with Crippen molar-refractivity contribution >= 4 is 16.8 Å². The van der Waals surface area contributed by atoms with Crippen molar-refractivity contribution in [3.63, 3.8) is 0 Å². The van der Waals surface area contributed by atoms with Crippen LogP contribution in [0.5, 0.6) is 0 Å². The fourth-order valence-corrected chi connectivity index (χ4v) is 2.08. The second-order valence-corrected chi connectivity index (χ2v) is 4.60. The molecule has 0 aliphatic rings. The van der Waals surface area contributed by atoms with Crippen LogP contribution in [0.2, 0.25) is 0 Å². The van der Waals surface area contributed by atoms with Crippen LogP contribution < -0.4 is 10.9 Å². The monoisotopic (exact) mass is 279 g/mol. The van der Waals surface area contributed by atoms with E-state index in [-0.39, 0.29) is 12.1 Å². The number of aromatic amines is 1. The van der Waals surface area contributed by atoms with Crippen molar-refractivity contribution in [2.45, 2.75) is 6.54 Å². The number of hydrogen-bond acceptors (Lipinski definition) is 3. The van der Waals surface area contributed by atoms with E-state index in [0.29, 0.717) is 5.52 Å². The maximum Gasteiger partial charge on any atom is 0.261 e. The third-order valence-corrected chi connectivity index (χ3v) is 3.15. The Morgan fingerprint density at radius 1 is 1.14 bits per heavy atom. The van der Waals surface area contributed by atoms with E-state index in [1.54, 1.807) is 24.4 Å². The van der Waals surface area contributed by atoms with E-state index in [4.69, 9.17) is 0 Å². The van der Waals surface area contributed by atoms with Gasteiger partial charge < -0.3 is 10.3 Å². The molecule has 21 heavy (non-hydrogen) atoms. The first-order valence-electron chi connectivity index (χ1n) is 6.54. The fourth-order valence-electron chi connectivity index (χ4n) is 2.08. The summed E-state index contributed by atoms with van der Waals surface area (Å²) in [4.78, 5) is 30.9. The van der Waals surface area contributed by atoms with E-state index < -0.39 is 11.5 Å². The summed E-state index contributed by atoms with van der Waals surface area (Å²) in [6.07, 6.45) is 1.66. The van der Waals surface area contributed by atoms with Crippen molar-refractivity contribution < 1.29 is 4.79 Å². The minimum atomic E-state index is -0.410. The highest BCUT2D eigenvalue weighted by molar-refractivity contribution is 5.97. The van der Waals surface area contributed by atoms with Crippen LogP contribution >= 0.6 is 0 Å². The number of carbonyl (C=O) groups is 1. The molecule has 5 heteroatoms. The predicted molar refractivity (Wildman–Crippen MR) is 80.0 cm³/mol. The van der Waals surface area contributed by atoms with E-state index in [1.165, 1.54) is 0 Å². The largest absolute Gasteiger partial charge is 0.346 e. The average Bonchev–Trinajstić information content (AvgIpc) is 2.53. The van der Waals surface area contributed by atoms with Crippen LogP contribution in [0.1, 0.15) is 16.1 Å². The molecular weight excluding hydrogens is 266 g/mol. The number of nitrogens with zero attached hydrogens (tertiary/aromatic N) is 1. The molecule has 0 atom stereocenters. The van der Waals surface area contributed by atoms with Crippen molar-refractivity contribution in [2.75, 3.05) is 0 Å². The van der Waals surface area contributed by atoms with Crippen molar-refractivity contribution in [3.05, 3.63) is 76.3 Å². The summed E-state index contributed by atoms with van der Waals surface area (Å²) in [6.45, 7) is 0.284. The Bertz CT molecular complexity index is 841. The molecule has 104 valence electrons. The first-order valence-corrected chi connectivity index (χ1v) is 6.54. The molecule has 2 heterocycles. The highest BCUT2D eigenvalue weighted by Gasteiger charge is 2.11. The van der Waals surface area contributed by atoms with Crippen molar-refractivity contribution in [3.8, 4) is 0 Å². The molecule has 1 aromatic carbocycles. The molecule has 1 amide bonds. The van der Waals surface area contributed by atoms with E-state index in [1.807, 2.05) is 30.3 Å². The van der Waals surface area contributed by atoms with Crippen molar-refractivity contribution in [1.29, 1.82) is 0 Å². The molecule has 3 rings (SSSR count). The highest BCUT2D eigenvalue weighted by atomic mass is 16.2. The summed E-state index contributed by atoms with van der Waals surface area (Å²) in [5.74, 6) is -0.410. The topological polar surface area (TPSA) is 74.8 Å². The molecule has 2 aromatic heterocycles. The van der Waals surface area contributed by atoms with Gasteiger partial charge in [0.2, 0.25) is 0 Å². The fraction of sp³-hybridized carbons (Fsp3) is 0.0625. The smallest absolute Gasteiger partial charge is 0.261 e. The number of H-pyrrole nitrogens is 1. The van der Waals surface area contributed by atoms with Gasteiger partial charge in [-0.05, 0) is 29.7 Å². The summed E-state index contributed by atoms with van der Waals surface area (Å²) in [6, 6.07) is 14.4. The Hall–Kier alpha value is -2.95. The number of aromatic nitrogens is 2. The second kappa shape index (κ2) is 5.58. The first kappa shape index (κ1) is 13.1. The Morgan fingerprint density at radius 2 is 1.95 bits per heavy atom. The van der Waals surface area contributed by atoms with Gasteiger partial charge in [0.1, 0.15) is 5.56 Å². The minimum absolute atomic E-state index is 0.102. The Kier molecular flexibility index (Phi) is 3.47. The average molecular weight is 279 g/mol. The van der Waals surface area contributed by atoms with Gasteiger partial charge >= 0.3 is 0 Å². The number of nitrogens with one attached hydrogen (secondary N) is 2. The normalized spacial score (nSPS) is 10.5. The number of amides is 1. The van der Waals surface area contributed by atoms with Crippen LogP contribution in [-0.2, 0) is 6.54 Å². The van der Waals surface area contributed by atoms with Gasteiger partial charge in [0, 0.05) is 11.7 Å². The molecule has 0 aliphatic carbocycles. The highest BCUT2D eigenvalue weighted by Crippen LogP contribution is 2.10. The molecule has 0 aliphatic heterocycles. The Morgan fingerprint density at radius 3 is 2.76 bits per heavy atom. The zero-order valence-corrected chi connectivity index (χ0v) is 11.2. The Balaban J connectivity index is 1.84. The maximum absolute atomic E-state index is 12.1. The van der Waals surface area contributed by atoms with Crippen LogP contribution in [0.4, 0.5) is 0 Å². The van der Waals surface area contributed by atoms with Gasteiger partial charge in [-0.25, -0.2) is 0 Å². The van der Waals surface area contributed by atoms with Gasteiger partial charge in [0.25, 0.3) is 11.5 Å². The van der Waals surface area contributed by atoms with Crippen LogP contribution in [0.3, 0.4) is 0 Å². The standard InChI is InChI=1S/C16H13N3O2/c20-15(18-10-12-6-3-4-8-17-12)13-9-11-5-1-2-7-14(11)19-16(13)21/h1-9H,10H2,(H,18,20)(H,19,21). The molecule has 5 nitrogen and oxygen atoms in total. The summed E-state index contributed by atoms with van der Waals surface area (Å²) >= 11 is 0. The van der Waals surface area contributed by atoms with Gasteiger partial charge in [-0.1, -0.05) is 24.3 Å². The number of carbonyl (C=O) groups excluding carboxylic acids is 1. The Labute approximate surface area is 120 Å². The second-order valence-electron chi connectivity index (χ2n) is 4.60. The quantitative estimate of drug-likeness (QED) is 0.768. The van der Waals surface area contributed by atoms with Gasteiger partial charge in [0.15, 0.2) is 0 Å². The third-order valence-electron chi connectivity index (χ3n) is 3.15. The molecule has 0 unspecified atom stereocenters. The van der Waals surface area contributed by atoms with Crippen molar-refractivity contribution in [2.24, 2.45) is 0 Å². The lowest BCUT2D eigenvalue weighted by molar-refractivity contribution is 0.0949. The predicted octanol–water partition coefficient (Wildman–Crippen LogP) is 1.85. The first-order chi connectivity index (χ1) is 10.2. The van der Waals surface area contributed by atoms with E-state index in [9.17, 15) is 9.59 Å². The van der Waals surface area contributed by atoms with E-state index >= 15 is 0 Å². The lowest BCUT2D eigenvalue weighted by Crippen LogP contribution is -2.29. The maximum atomic E-state index is 12.1. The molecular formula is C16H13N3O2. The van der Waals surface area contributed by atoms with Crippen LogP contribution in [0, 0.1) is 0 Å². The lowest BCUT2D eigenvalue weighted by atomic mass is 10.1. The lowest BCUT2D eigenvalue weighted by Gasteiger charge is -2.05. The summed E-state index contributed by atoms with van der Waals surface area (Å²) in [7, 11) is 0. The number of fused-ring (bicyclic) bond motifs is 1. The molecule has 0 fully saturated rings. The number of para-hydroxylation sites is 1. The summed E-state index contributed by atoms with van der Waals surface area (Å²) < 4.78 is 0. The molecule has 0 spiro atoms. The number of hydrogen-bond donors (Lipinski definition) is 2. The molecule has 0 radical (unpaired) electrons. The third kappa shape index (κ3) is 2.81. The van der Waals surface area contributed by atoms with Gasteiger partial charge in [-0.15, -0.1) is 0 Å². The zero-order valence-electron chi connectivity index (χ0n) is 11.2.